The summed E-state index contributed by atoms with van der Waals surface area (Å²) < 4.78 is 0. The van der Waals surface area contributed by atoms with Gasteiger partial charge in [0, 0.05) is 55.2 Å². The van der Waals surface area contributed by atoms with E-state index in [0.717, 1.165) is 29.5 Å². The van der Waals surface area contributed by atoms with Crippen molar-refractivity contribution in [3.05, 3.63) is 58.9 Å². The smallest absolute Gasteiger partial charge is 0.254 e. The predicted octanol–water partition coefficient (Wildman–Crippen LogP) is 2.58. The van der Waals surface area contributed by atoms with Gasteiger partial charge in [-0.1, -0.05) is 17.7 Å². The largest absolute Gasteiger partial charge is 0.368 e. The van der Waals surface area contributed by atoms with Crippen LogP contribution in [0, 0.1) is 0 Å². The van der Waals surface area contributed by atoms with Gasteiger partial charge in [-0.3, -0.25) is 9.78 Å². The predicted molar refractivity (Wildman–Crippen MR) is 98.9 cm³/mol. The molecule has 0 radical (unpaired) electrons. The van der Waals surface area contributed by atoms with Crippen molar-refractivity contribution in [1.82, 2.24) is 9.88 Å². The Kier molecular flexibility index (Phi) is 6.43. The van der Waals surface area contributed by atoms with E-state index in [9.17, 15) is 4.79 Å². The second-order valence-corrected chi connectivity index (χ2v) is 5.94. The van der Waals surface area contributed by atoms with Crippen LogP contribution >= 0.6 is 24.0 Å². The Morgan fingerprint density at radius 3 is 2.58 bits per heavy atom. The molecule has 7 heteroatoms. The topological polar surface area (TPSA) is 62.5 Å². The maximum Gasteiger partial charge on any atom is 0.254 e. The molecule has 0 saturated carbocycles. The molecule has 0 unspecified atom stereocenters. The number of anilines is 1. The van der Waals surface area contributed by atoms with Crippen LogP contribution in [-0.2, 0) is 6.54 Å². The minimum atomic E-state index is 0. The van der Waals surface area contributed by atoms with Crippen molar-refractivity contribution in [3.8, 4) is 0 Å². The van der Waals surface area contributed by atoms with Crippen LogP contribution in [0.1, 0.15) is 16.1 Å². The molecule has 1 fully saturated rings. The molecule has 0 spiro atoms. The fraction of sp³-hybridized carbons (Fsp3) is 0.294. The maximum atomic E-state index is 12.6. The molecule has 1 amide bonds. The number of pyridine rings is 1. The first-order chi connectivity index (χ1) is 11.2. The summed E-state index contributed by atoms with van der Waals surface area (Å²) >= 11 is 6.04. The van der Waals surface area contributed by atoms with Gasteiger partial charge in [-0.25, -0.2) is 0 Å². The number of hydrogen-bond acceptors (Lipinski definition) is 4. The van der Waals surface area contributed by atoms with Crippen LogP contribution in [0.5, 0.6) is 0 Å². The van der Waals surface area contributed by atoms with Gasteiger partial charge in [0.15, 0.2) is 0 Å². The first-order valence-electron chi connectivity index (χ1n) is 7.62. The molecule has 1 aromatic heterocycles. The minimum absolute atomic E-state index is 0. The number of carbonyl (C=O) groups excluding carboxylic acids is 1. The van der Waals surface area contributed by atoms with Crippen LogP contribution in [0.4, 0.5) is 5.69 Å². The molecule has 0 atom stereocenters. The lowest BCUT2D eigenvalue weighted by molar-refractivity contribution is 0.0746. The lowest BCUT2D eigenvalue weighted by Crippen LogP contribution is -2.48. The van der Waals surface area contributed by atoms with Gasteiger partial charge in [-0.2, -0.15) is 0 Å². The lowest BCUT2D eigenvalue weighted by atomic mass is 10.1. The van der Waals surface area contributed by atoms with Crippen molar-refractivity contribution in [2.75, 3.05) is 31.1 Å². The minimum Gasteiger partial charge on any atom is -0.368 e. The average Bonchev–Trinajstić information content (AvgIpc) is 2.61. The van der Waals surface area contributed by atoms with Crippen molar-refractivity contribution < 1.29 is 4.79 Å². The maximum absolute atomic E-state index is 12.6. The Bertz CT molecular complexity index is 702. The number of rotatable bonds is 3. The van der Waals surface area contributed by atoms with Crippen LogP contribution in [0.2, 0.25) is 5.02 Å². The molecule has 5 nitrogen and oxygen atoms in total. The summed E-state index contributed by atoms with van der Waals surface area (Å²) in [6, 6.07) is 11.3. The molecule has 2 heterocycles. The number of aromatic nitrogens is 1. The highest BCUT2D eigenvalue weighted by molar-refractivity contribution is 6.30. The average molecular weight is 367 g/mol. The third kappa shape index (κ3) is 4.17. The zero-order valence-corrected chi connectivity index (χ0v) is 14.8. The molecule has 0 aliphatic carbocycles. The van der Waals surface area contributed by atoms with E-state index in [1.165, 1.54) is 0 Å². The lowest BCUT2D eigenvalue weighted by Gasteiger charge is -2.36. The Labute approximate surface area is 152 Å². The third-order valence-corrected chi connectivity index (χ3v) is 4.25. The number of amides is 1. The highest BCUT2D eigenvalue weighted by atomic mass is 35.5. The summed E-state index contributed by atoms with van der Waals surface area (Å²) in [6.07, 6.45) is 1.64. The Morgan fingerprint density at radius 2 is 1.92 bits per heavy atom. The molecule has 2 N–H and O–H groups in total. The molecular weight excluding hydrogens is 347 g/mol. The van der Waals surface area contributed by atoms with E-state index in [0.29, 0.717) is 25.2 Å². The molecule has 24 heavy (non-hydrogen) atoms. The summed E-state index contributed by atoms with van der Waals surface area (Å²) in [4.78, 5) is 20.8. The van der Waals surface area contributed by atoms with Gasteiger partial charge in [0.2, 0.25) is 0 Å². The summed E-state index contributed by atoms with van der Waals surface area (Å²) in [5.74, 6) is 0.0350. The van der Waals surface area contributed by atoms with E-state index >= 15 is 0 Å². The van der Waals surface area contributed by atoms with Crippen molar-refractivity contribution in [3.63, 3.8) is 0 Å². The zero-order valence-electron chi connectivity index (χ0n) is 13.2. The van der Waals surface area contributed by atoms with E-state index in [4.69, 9.17) is 17.3 Å². The van der Waals surface area contributed by atoms with Crippen molar-refractivity contribution >= 4 is 35.6 Å². The first kappa shape index (κ1) is 18.5. The van der Waals surface area contributed by atoms with E-state index < -0.39 is 0 Å². The number of halogens is 2. The zero-order chi connectivity index (χ0) is 16.2. The van der Waals surface area contributed by atoms with Crippen molar-refractivity contribution in [2.45, 2.75) is 6.54 Å². The molecule has 0 bridgehead atoms. The normalized spacial score (nSPS) is 14.2. The Hall–Kier alpha value is -1.82. The number of nitrogens with two attached hydrogens (primary N) is 1. The molecule has 128 valence electrons. The second-order valence-electron chi connectivity index (χ2n) is 5.50. The van der Waals surface area contributed by atoms with Gasteiger partial charge in [-0.15, -0.1) is 12.4 Å². The van der Waals surface area contributed by atoms with E-state index in [2.05, 4.69) is 9.88 Å². The quantitative estimate of drug-likeness (QED) is 0.906. The van der Waals surface area contributed by atoms with Crippen LogP contribution in [-0.4, -0.2) is 42.0 Å². The SMILES string of the molecule is Cl.NCc1cc(C(=O)N2CCN(c3cccc(Cl)c3)CC2)ccn1. The van der Waals surface area contributed by atoms with Crippen LogP contribution in [0.3, 0.4) is 0 Å². The van der Waals surface area contributed by atoms with E-state index in [1.807, 2.05) is 29.2 Å². The summed E-state index contributed by atoms with van der Waals surface area (Å²) in [6.45, 7) is 3.29. The Morgan fingerprint density at radius 1 is 1.17 bits per heavy atom. The fourth-order valence-electron chi connectivity index (χ4n) is 2.75. The van der Waals surface area contributed by atoms with Gasteiger partial charge in [-0.05, 0) is 30.3 Å². The molecule has 1 saturated heterocycles. The highest BCUT2D eigenvalue weighted by Gasteiger charge is 2.22. The molecule has 3 rings (SSSR count). The standard InChI is InChI=1S/C17H19ClN4O.ClH/c18-14-2-1-3-16(11-14)21-6-8-22(9-7-21)17(23)13-4-5-20-15(10-13)12-19;/h1-5,10-11H,6-9,12,19H2;1H. The van der Waals surface area contributed by atoms with Gasteiger partial charge >= 0.3 is 0 Å². The van der Waals surface area contributed by atoms with Crippen molar-refractivity contribution in [2.24, 2.45) is 5.73 Å². The molecule has 1 aromatic carbocycles. The van der Waals surface area contributed by atoms with Crippen molar-refractivity contribution in [1.29, 1.82) is 0 Å². The van der Waals surface area contributed by atoms with Crippen LogP contribution in [0.15, 0.2) is 42.6 Å². The number of carbonyl (C=O) groups is 1. The van der Waals surface area contributed by atoms with Gasteiger partial charge in [0.05, 0.1) is 5.69 Å². The van der Waals surface area contributed by atoms with Crippen LogP contribution < -0.4 is 10.6 Å². The highest BCUT2D eigenvalue weighted by Crippen LogP contribution is 2.21. The third-order valence-electron chi connectivity index (χ3n) is 4.01. The number of piperazine rings is 1. The molecule has 1 aliphatic heterocycles. The molecule has 2 aromatic rings. The summed E-state index contributed by atoms with van der Waals surface area (Å²) in [7, 11) is 0. The second kappa shape index (κ2) is 8.33. The number of nitrogens with zero attached hydrogens (tertiary/aromatic N) is 3. The van der Waals surface area contributed by atoms with Gasteiger partial charge in [0.1, 0.15) is 0 Å². The van der Waals surface area contributed by atoms with Gasteiger partial charge < -0.3 is 15.5 Å². The Balaban J connectivity index is 0.00000208. The molecular formula is C17H20Cl2N4O. The first-order valence-corrected chi connectivity index (χ1v) is 8.00. The monoisotopic (exact) mass is 366 g/mol. The summed E-state index contributed by atoms with van der Waals surface area (Å²) in [5.41, 5.74) is 8.06. The fourth-order valence-corrected chi connectivity index (χ4v) is 2.93. The molecule has 1 aliphatic rings. The number of hydrogen-bond donors (Lipinski definition) is 1. The van der Waals surface area contributed by atoms with Crippen LogP contribution in [0.25, 0.3) is 0 Å². The van der Waals surface area contributed by atoms with E-state index in [-0.39, 0.29) is 18.3 Å². The number of benzene rings is 1. The van der Waals surface area contributed by atoms with Gasteiger partial charge in [0.25, 0.3) is 5.91 Å². The van der Waals surface area contributed by atoms with E-state index in [1.54, 1.807) is 18.3 Å². The summed E-state index contributed by atoms with van der Waals surface area (Å²) in [5, 5.41) is 0.729.